The topological polar surface area (TPSA) is 288 Å². The lowest BCUT2D eigenvalue weighted by Crippen LogP contribution is -2.55. The number of ether oxygens (including phenoxy) is 2. The van der Waals surface area contributed by atoms with Gasteiger partial charge in [0.1, 0.15) is 17.4 Å². The molecule has 7 rings (SSSR count). The Balaban J connectivity index is 0.956. The Bertz CT molecular complexity index is 3000. The molecule has 0 unspecified atom stereocenters. The number of alkyl halides is 1. The van der Waals surface area contributed by atoms with E-state index in [1.54, 1.807) is 54.0 Å². The van der Waals surface area contributed by atoms with Crippen LogP contribution in [0, 0.1) is 5.92 Å². The van der Waals surface area contributed by atoms with Crippen LogP contribution in [-0.4, -0.2) is 154 Å². The zero-order valence-corrected chi connectivity index (χ0v) is 45.7. The first-order chi connectivity index (χ1) is 38.0. The SMILES string of the molecule is CCCOCCC(=O)NCCNC(=O)CN[C@H](C(=O)N[C@@H](CCCNC(N)=O)C(=O)Nc1ccc(C(=O)Nc2ccc3oc(C(=O)N4C[C@@H](CCl)c5c4cc(OC(=O)N4CCN(C)CC4)c4ccccc54)cc3c2)cc1)C(C)C. The van der Waals surface area contributed by atoms with Gasteiger partial charge in [0.2, 0.25) is 23.6 Å². The van der Waals surface area contributed by atoms with Crippen LogP contribution < -0.4 is 52.6 Å². The van der Waals surface area contributed by atoms with Crippen molar-refractivity contribution >= 4 is 98.0 Å². The van der Waals surface area contributed by atoms with Crippen LogP contribution in [0.4, 0.5) is 26.7 Å². The number of rotatable bonds is 25. The maximum Gasteiger partial charge on any atom is 0.415 e. The fraction of sp³-hybridized carbons (Fsp3) is 0.429. The van der Waals surface area contributed by atoms with Crippen molar-refractivity contribution < 1.29 is 52.2 Å². The molecule has 23 heteroatoms. The second-order valence-corrected chi connectivity index (χ2v) is 20.1. The molecule has 5 aromatic rings. The predicted molar refractivity (Wildman–Crippen MR) is 301 cm³/mol. The Morgan fingerprint density at radius 1 is 0.797 bits per heavy atom. The molecule has 0 saturated carbocycles. The third-order valence-electron chi connectivity index (χ3n) is 13.5. The van der Waals surface area contributed by atoms with Crippen molar-refractivity contribution in [1.29, 1.82) is 0 Å². The zero-order chi connectivity index (χ0) is 56.6. The van der Waals surface area contributed by atoms with E-state index in [1.807, 2.05) is 38.2 Å². The number of nitrogens with zero attached hydrogens (tertiary/aromatic N) is 3. The quantitative estimate of drug-likeness (QED) is 0.0279. The number of likely N-dealkylation sites (N-methyl/N-ethyl adjacent to an activating group) is 1. The molecule has 2 aliphatic rings. The largest absolute Gasteiger partial charge is 0.451 e. The van der Waals surface area contributed by atoms with Crippen LogP contribution in [-0.2, 0) is 23.9 Å². The van der Waals surface area contributed by atoms with E-state index in [2.05, 4.69) is 42.1 Å². The van der Waals surface area contributed by atoms with Crippen LogP contribution in [0.3, 0.4) is 0 Å². The minimum Gasteiger partial charge on any atom is -0.451 e. The fourth-order valence-corrected chi connectivity index (χ4v) is 9.56. The molecule has 422 valence electrons. The molecule has 2 aliphatic heterocycles. The summed E-state index contributed by atoms with van der Waals surface area (Å²) in [6, 6.07) is 19.4. The number of halogens is 1. The first-order valence-corrected chi connectivity index (χ1v) is 27.1. The molecule has 9 amide bonds. The van der Waals surface area contributed by atoms with Gasteiger partial charge in [-0.15, -0.1) is 11.6 Å². The van der Waals surface area contributed by atoms with Crippen molar-refractivity contribution in [3.05, 3.63) is 95.7 Å². The Labute approximate surface area is 463 Å². The van der Waals surface area contributed by atoms with E-state index >= 15 is 0 Å². The summed E-state index contributed by atoms with van der Waals surface area (Å²) in [5, 5.41) is 21.4. The maximum atomic E-state index is 14.4. The first kappa shape index (κ1) is 58.9. The molecule has 1 fully saturated rings. The van der Waals surface area contributed by atoms with Crippen LogP contribution in [0.15, 0.2) is 83.3 Å². The van der Waals surface area contributed by atoms with Gasteiger partial charge >= 0.3 is 12.1 Å². The second-order valence-electron chi connectivity index (χ2n) is 19.8. The number of hydrogen-bond donors (Lipinski definition) is 8. The number of primary amides is 1. The number of carbonyl (C=O) groups is 8. The summed E-state index contributed by atoms with van der Waals surface area (Å²) in [5.74, 6) is -2.44. The van der Waals surface area contributed by atoms with Crippen LogP contribution >= 0.6 is 11.6 Å². The van der Waals surface area contributed by atoms with Gasteiger partial charge in [-0.3, -0.25) is 34.1 Å². The molecule has 0 bridgehead atoms. The van der Waals surface area contributed by atoms with E-state index in [0.29, 0.717) is 60.1 Å². The third kappa shape index (κ3) is 15.9. The van der Waals surface area contributed by atoms with Crippen LogP contribution in [0.2, 0.25) is 0 Å². The zero-order valence-electron chi connectivity index (χ0n) is 44.9. The molecule has 3 atom stereocenters. The summed E-state index contributed by atoms with van der Waals surface area (Å²) in [4.78, 5) is 110. The molecule has 0 spiro atoms. The average Bonchev–Trinajstić information content (AvgIpc) is 4.28. The molecule has 0 radical (unpaired) electrons. The number of urea groups is 1. The van der Waals surface area contributed by atoms with Gasteiger partial charge in [-0.25, -0.2) is 9.59 Å². The van der Waals surface area contributed by atoms with E-state index in [-0.39, 0.29) is 86.9 Å². The summed E-state index contributed by atoms with van der Waals surface area (Å²) in [5.41, 5.74) is 8.10. The lowest BCUT2D eigenvalue weighted by Gasteiger charge is -2.31. The lowest BCUT2D eigenvalue weighted by molar-refractivity contribution is -0.129. The third-order valence-corrected chi connectivity index (χ3v) is 13.9. The van der Waals surface area contributed by atoms with E-state index in [4.69, 9.17) is 31.2 Å². The molecule has 1 saturated heterocycles. The number of hydrogen-bond acceptors (Lipinski definition) is 13. The van der Waals surface area contributed by atoms with Crippen molar-refractivity contribution in [3.63, 3.8) is 0 Å². The van der Waals surface area contributed by atoms with Gasteiger partial charge in [-0.2, -0.15) is 0 Å². The first-order valence-electron chi connectivity index (χ1n) is 26.6. The minimum atomic E-state index is -1.07. The predicted octanol–water partition coefficient (Wildman–Crippen LogP) is 5.10. The average molecular weight is 1110 g/mol. The van der Waals surface area contributed by atoms with Crippen LogP contribution in [0.5, 0.6) is 5.75 Å². The highest BCUT2D eigenvalue weighted by molar-refractivity contribution is 6.19. The number of furan rings is 1. The van der Waals surface area contributed by atoms with Gasteiger partial charge in [-0.05, 0) is 91.7 Å². The summed E-state index contributed by atoms with van der Waals surface area (Å²) in [6.45, 7) is 9.57. The Kier molecular flexibility index (Phi) is 21.0. The van der Waals surface area contributed by atoms with E-state index in [1.165, 1.54) is 24.3 Å². The number of piperazine rings is 1. The Hall–Kier alpha value is -7.79. The monoisotopic (exact) mass is 1110 g/mol. The van der Waals surface area contributed by atoms with E-state index < -0.39 is 53.7 Å². The van der Waals surface area contributed by atoms with Crippen LogP contribution in [0.1, 0.15) is 78.8 Å². The Morgan fingerprint density at radius 2 is 1.51 bits per heavy atom. The molecular weight excluding hydrogens is 1040 g/mol. The molecule has 9 N–H and O–H groups in total. The molecule has 3 heterocycles. The number of anilines is 3. The highest BCUT2D eigenvalue weighted by Crippen LogP contribution is 2.46. The number of carbonyl (C=O) groups excluding carboxylic acids is 8. The number of benzene rings is 4. The van der Waals surface area contributed by atoms with E-state index in [0.717, 1.165) is 35.8 Å². The number of nitrogens with two attached hydrogens (primary N) is 1. The van der Waals surface area contributed by atoms with Gasteiger partial charge < -0.3 is 66.2 Å². The van der Waals surface area contributed by atoms with Gasteiger partial charge in [0, 0.05) is 111 Å². The Morgan fingerprint density at radius 3 is 2.20 bits per heavy atom. The van der Waals surface area contributed by atoms with Crippen molar-refractivity contribution in [2.45, 2.75) is 64.5 Å². The summed E-state index contributed by atoms with van der Waals surface area (Å²) in [7, 11) is 2.01. The molecule has 4 aromatic carbocycles. The van der Waals surface area contributed by atoms with Gasteiger partial charge in [0.05, 0.1) is 24.9 Å². The van der Waals surface area contributed by atoms with Crippen LogP contribution in [0.25, 0.3) is 21.7 Å². The van der Waals surface area contributed by atoms with Crippen molar-refractivity contribution in [1.82, 2.24) is 36.4 Å². The second kappa shape index (κ2) is 28.2. The van der Waals surface area contributed by atoms with Crippen molar-refractivity contribution in [2.24, 2.45) is 11.7 Å². The highest BCUT2D eigenvalue weighted by Gasteiger charge is 2.37. The van der Waals surface area contributed by atoms with Gasteiger partial charge in [-0.1, -0.05) is 45.0 Å². The smallest absolute Gasteiger partial charge is 0.415 e. The van der Waals surface area contributed by atoms with Gasteiger partial charge in [0.25, 0.3) is 11.8 Å². The highest BCUT2D eigenvalue weighted by atomic mass is 35.5. The van der Waals surface area contributed by atoms with Gasteiger partial charge in [0.15, 0.2) is 5.76 Å². The van der Waals surface area contributed by atoms with Crippen molar-refractivity contribution in [2.75, 3.05) is 101 Å². The molecule has 79 heavy (non-hydrogen) atoms. The van der Waals surface area contributed by atoms with E-state index in [9.17, 15) is 38.4 Å². The summed E-state index contributed by atoms with van der Waals surface area (Å²) in [6.07, 6.45) is 1.01. The standard InChI is InChI=1S/C56H70ClN11O11/c1-5-26-77-27-18-47(69)59-20-21-60-48(70)32-62-50(34(2)3)53(73)65-42(11-8-19-61-55(58)75)52(72)63-38-14-12-35(13-15-38)51(71)64-39-16-17-44-36(28-39)29-46(78-44)54(74)68-33-37(31-57)49-41-10-7-6-9-40(41)45(30-43(49)68)79-56(76)67-24-22-66(4)23-25-67/h6-7,9-10,12-17,28-30,34,37,42,50,62H,5,8,11,18-27,31-33H2,1-4H3,(H,59,69)(H,60,70)(H,63,72)(H,64,71)(H,65,73)(H3,58,61,75)/t37-,42+,50+/m1/s1. The molecule has 22 nitrogen and oxygen atoms in total. The number of amides is 9. The minimum absolute atomic E-state index is 0.0578. The normalized spacial score (nSPS) is 15.0. The number of nitrogens with one attached hydrogen (secondary N) is 7. The molecule has 1 aromatic heterocycles. The van der Waals surface area contributed by atoms with Crippen molar-refractivity contribution in [3.8, 4) is 5.75 Å². The maximum absolute atomic E-state index is 14.4. The summed E-state index contributed by atoms with van der Waals surface area (Å²) >= 11 is 6.54. The number of fused-ring (bicyclic) bond motifs is 4. The lowest BCUT2D eigenvalue weighted by atomic mass is 9.95. The molecule has 0 aliphatic carbocycles. The summed E-state index contributed by atoms with van der Waals surface area (Å²) < 4.78 is 17.5. The molecular formula is C56H70ClN11O11. The fourth-order valence-electron chi connectivity index (χ4n) is 9.31.